The SMILES string of the molecule is Cc1ccc(Br)cc1C(=O)CC1CCCN1. The van der Waals surface area contributed by atoms with Gasteiger partial charge in [0.1, 0.15) is 0 Å². The van der Waals surface area contributed by atoms with E-state index in [1.54, 1.807) is 0 Å². The molecule has 16 heavy (non-hydrogen) atoms. The van der Waals surface area contributed by atoms with Crippen LogP contribution >= 0.6 is 15.9 Å². The lowest BCUT2D eigenvalue weighted by Gasteiger charge is -2.10. The summed E-state index contributed by atoms with van der Waals surface area (Å²) in [6, 6.07) is 6.26. The van der Waals surface area contributed by atoms with Gasteiger partial charge in [0.05, 0.1) is 0 Å². The van der Waals surface area contributed by atoms with Crippen molar-refractivity contribution >= 4 is 21.7 Å². The highest BCUT2D eigenvalue weighted by Gasteiger charge is 2.19. The van der Waals surface area contributed by atoms with E-state index in [0.29, 0.717) is 12.5 Å². The zero-order valence-electron chi connectivity index (χ0n) is 9.42. The van der Waals surface area contributed by atoms with E-state index in [1.165, 1.54) is 6.42 Å². The second kappa shape index (κ2) is 5.11. The third-order valence-corrected chi connectivity index (χ3v) is 3.59. The molecule has 1 saturated heterocycles. The van der Waals surface area contributed by atoms with E-state index in [4.69, 9.17) is 0 Å². The molecule has 1 atom stereocenters. The summed E-state index contributed by atoms with van der Waals surface area (Å²) in [6.45, 7) is 3.04. The number of ketones is 1. The van der Waals surface area contributed by atoms with Crippen LogP contribution in [-0.4, -0.2) is 18.4 Å². The second-order valence-electron chi connectivity index (χ2n) is 4.38. The Morgan fingerprint density at radius 2 is 2.38 bits per heavy atom. The van der Waals surface area contributed by atoms with Crippen LogP contribution in [0.15, 0.2) is 22.7 Å². The average Bonchev–Trinajstić information content (AvgIpc) is 2.74. The number of Topliss-reactive ketones (excluding diaryl/α,β-unsaturated/α-hetero) is 1. The van der Waals surface area contributed by atoms with Crippen LogP contribution in [0.4, 0.5) is 0 Å². The van der Waals surface area contributed by atoms with Gasteiger partial charge in [0.2, 0.25) is 0 Å². The maximum absolute atomic E-state index is 12.1. The number of carbonyl (C=O) groups is 1. The van der Waals surface area contributed by atoms with Gasteiger partial charge in [-0.25, -0.2) is 0 Å². The van der Waals surface area contributed by atoms with E-state index >= 15 is 0 Å². The van der Waals surface area contributed by atoms with E-state index in [1.807, 2.05) is 25.1 Å². The molecule has 3 heteroatoms. The van der Waals surface area contributed by atoms with Crippen molar-refractivity contribution in [2.45, 2.75) is 32.2 Å². The molecule has 1 fully saturated rings. The van der Waals surface area contributed by atoms with Gasteiger partial charge in [0, 0.05) is 22.5 Å². The zero-order valence-corrected chi connectivity index (χ0v) is 11.0. The molecule has 0 amide bonds. The van der Waals surface area contributed by atoms with Crippen LogP contribution in [-0.2, 0) is 0 Å². The first kappa shape index (κ1) is 11.8. The molecule has 0 aromatic heterocycles. The van der Waals surface area contributed by atoms with Crippen LogP contribution < -0.4 is 5.32 Å². The van der Waals surface area contributed by atoms with Crippen molar-refractivity contribution in [3.05, 3.63) is 33.8 Å². The number of hydrogen-bond donors (Lipinski definition) is 1. The van der Waals surface area contributed by atoms with Crippen molar-refractivity contribution < 1.29 is 4.79 Å². The Kier molecular flexibility index (Phi) is 3.77. The summed E-state index contributed by atoms with van der Waals surface area (Å²) in [4.78, 5) is 12.1. The lowest BCUT2D eigenvalue weighted by atomic mass is 9.99. The second-order valence-corrected chi connectivity index (χ2v) is 5.30. The maximum Gasteiger partial charge on any atom is 0.164 e. The minimum absolute atomic E-state index is 0.248. The number of rotatable bonds is 3. The molecule has 0 aliphatic carbocycles. The number of nitrogens with one attached hydrogen (secondary N) is 1. The Hall–Kier alpha value is -0.670. The molecule has 1 aromatic carbocycles. The molecule has 0 bridgehead atoms. The van der Waals surface area contributed by atoms with E-state index in [-0.39, 0.29) is 5.78 Å². The van der Waals surface area contributed by atoms with Gasteiger partial charge in [0.25, 0.3) is 0 Å². The van der Waals surface area contributed by atoms with Crippen LogP contribution in [0.1, 0.15) is 35.2 Å². The fourth-order valence-corrected chi connectivity index (χ4v) is 2.52. The van der Waals surface area contributed by atoms with Crippen molar-refractivity contribution in [3.63, 3.8) is 0 Å². The van der Waals surface area contributed by atoms with Gasteiger partial charge in [-0.2, -0.15) is 0 Å². The summed E-state index contributed by atoms with van der Waals surface area (Å²) < 4.78 is 0.973. The van der Waals surface area contributed by atoms with Gasteiger partial charge >= 0.3 is 0 Å². The summed E-state index contributed by atoms with van der Waals surface area (Å²) in [5.41, 5.74) is 1.91. The monoisotopic (exact) mass is 281 g/mol. The van der Waals surface area contributed by atoms with Gasteiger partial charge in [-0.05, 0) is 44.0 Å². The molecule has 1 unspecified atom stereocenters. The average molecular weight is 282 g/mol. The van der Waals surface area contributed by atoms with Crippen molar-refractivity contribution in [2.75, 3.05) is 6.54 Å². The fraction of sp³-hybridized carbons (Fsp3) is 0.462. The summed E-state index contributed by atoms with van der Waals surface area (Å²) in [5.74, 6) is 0.248. The summed E-state index contributed by atoms with van der Waals surface area (Å²) in [5, 5.41) is 3.36. The molecule has 1 aromatic rings. The molecular weight excluding hydrogens is 266 g/mol. The minimum Gasteiger partial charge on any atom is -0.314 e. The van der Waals surface area contributed by atoms with Gasteiger partial charge in [-0.15, -0.1) is 0 Å². The van der Waals surface area contributed by atoms with E-state index < -0.39 is 0 Å². The van der Waals surface area contributed by atoms with Gasteiger partial charge in [-0.1, -0.05) is 22.0 Å². The summed E-state index contributed by atoms with van der Waals surface area (Å²) >= 11 is 3.41. The van der Waals surface area contributed by atoms with E-state index in [9.17, 15) is 4.79 Å². The standard InChI is InChI=1S/C13H16BrNO/c1-9-4-5-10(14)7-12(9)13(16)8-11-3-2-6-15-11/h4-5,7,11,15H,2-3,6,8H2,1H3. The molecule has 86 valence electrons. The number of hydrogen-bond acceptors (Lipinski definition) is 2. The highest BCUT2D eigenvalue weighted by atomic mass is 79.9. The Labute approximate surface area is 105 Å². The first-order valence-electron chi connectivity index (χ1n) is 5.69. The predicted molar refractivity (Wildman–Crippen MR) is 68.9 cm³/mol. The molecule has 0 saturated carbocycles. The van der Waals surface area contributed by atoms with Crippen molar-refractivity contribution in [3.8, 4) is 0 Å². The fourth-order valence-electron chi connectivity index (χ4n) is 2.16. The number of benzene rings is 1. The highest BCUT2D eigenvalue weighted by Crippen LogP contribution is 2.19. The summed E-state index contributed by atoms with van der Waals surface area (Å²) in [6.07, 6.45) is 2.94. The Bertz CT molecular complexity index is 397. The predicted octanol–water partition coefficient (Wildman–Crippen LogP) is 3.08. The molecule has 0 radical (unpaired) electrons. The largest absolute Gasteiger partial charge is 0.314 e. The molecular formula is C13H16BrNO. The highest BCUT2D eigenvalue weighted by molar-refractivity contribution is 9.10. The molecule has 0 spiro atoms. The van der Waals surface area contributed by atoms with Crippen molar-refractivity contribution in [1.82, 2.24) is 5.32 Å². The molecule has 2 rings (SSSR count). The number of aryl methyl sites for hydroxylation is 1. The summed E-state index contributed by atoms with van der Waals surface area (Å²) in [7, 11) is 0. The maximum atomic E-state index is 12.1. The van der Waals surface area contributed by atoms with Crippen LogP contribution in [0.25, 0.3) is 0 Å². The molecule has 1 aliphatic heterocycles. The Balaban J connectivity index is 2.10. The van der Waals surface area contributed by atoms with E-state index in [2.05, 4.69) is 21.2 Å². The number of carbonyl (C=O) groups excluding carboxylic acids is 1. The van der Waals surface area contributed by atoms with E-state index in [0.717, 1.165) is 28.6 Å². The first-order chi connectivity index (χ1) is 7.66. The van der Waals surface area contributed by atoms with Crippen molar-refractivity contribution in [1.29, 1.82) is 0 Å². The molecule has 1 aliphatic rings. The zero-order chi connectivity index (χ0) is 11.5. The third kappa shape index (κ3) is 2.71. The first-order valence-corrected chi connectivity index (χ1v) is 6.49. The van der Waals surface area contributed by atoms with Crippen molar-refractivity contribution in [2.24, 2.45) is 0 Å². The Morgan fingerprint density at radius 1 is 1.56 bits per heavy atom. The van der Waals surface area contributed by atoms with Crippen LogP contribution in [0.3, 0.4) is 0 Å². The normalized spacial score (nSPS) is 20.0. The topological polar surface area (TPSA) is 29.1 Å². The van der Waals surface area contributed by atoms with Gasteiger partial charge < -0.3 is 5.32 Å². The van der Waals surface area contributed by atoms with Gasteiger partial charge in [0.15, 0.2) is 5.78 Å². The van der Waals surface area contributed by atoms with Crippen LogP contribution in [0, 0.1) is 6.92 Å². The quantitative estimate of drug-likeness (QED) is 0.863. The molecule has 1 heterocycles. The lowest BCUT2D eigenvalue weighted by Crippen LogP contribution is -2.24. The van der Waals surface area contributed by atoms with Crippen LogP contribution in [0.2, 0.25) is 0 Å². The smallest absolute Gasteiger partial charge is 0.164 e. The Morgan fingerprint density at radius 3 is 3.06 bits per heavy atom. The molecule has 2 nitrogen and oxygen atoms in total. The van der Waals surface area contributed by atoms with Gasteiger partial charge in [-0.3, -0.25) is 4.79 Å². The minimum atomic E-state index is 0.248. The number of halogens is 1. The third-order valence-electron chi connectivity index (χ3n) is 3.09. The molecule has 1 N–H and O–H groups in total. The van der Waals surface area contributed by atoms with Crippen LogP contribution in [0.5, 0.6) is 0 Å². The lowest BCUT2D eigenvalue weighted by molar-refractivity contribution is 0.0971.